The predicted molar refractivity (Wildman–Crippen MR) is 83.0 cm³/mol. The average molecular weight is 350 g/mol. The van der Waals surface area contributed by atoms with Gasteiger partial charge in [0.25, 0.3) is 5.56 Å². The van der Waals surface area contributed by atoms with Crippen LogP contribution in [0.1, 0.15) is 5.69 Å². The van der Waals surface area contributed by atoms with Gasteiger partial charge >= 0.3 is 5.69 Å². The number of halogens is 3. The van der Waals surface area contributed by atoms with Gasteiger partial charge in [0.2, 0.25) is 0 Å². The Kier molecular flexibility index (Phi) is 4.78. The molecule has 0 aliphatic carbocycles. The molecule has 5 nitrogen and oxygen atoms in total. The summed E-state index contributed by atoms with van der Waals surface area (Å²) in [6.07, 6.45) is 0. The number of rotatable bonds is 3. The highest BCUT2D eigenvalue weighted by Crippen LogP contribution is 2.31. The van der Waals surface area contributed by atoms with Crippen LogP contribution in [0.3, 0.4) is 0 Å². The van der Waals surface area contributed by atoms with Gasteiger partial charge in [0.1, 0.15) is 0 Å². The monoisotopic (exact) mass is 348 g/mol. The Morgan fingerprint density at radius 2 is 1.67 bits per heavy atom. The molecule has 2 aromatic rings. The first-order chi connectivity index (χ1) is 9.86. The predicted octanol–water partition coefficient (Wildman–Crippen LogP) is 2.64. The van der Waals surface area contributed by atoms with Crippen molar-refractivity contribution < 1.29 is 4.74 Å². The van der Waals surface area contributed by atoms with E-state index in [9.17, 15) is 9.59 Å². The zero-order valence-corrected chi connectivity index (χ0v) is 13.5. The van der Waals surface area contributed by atoms with Gasteiger partial charge in [-0.25, -0.2) is 9.36 Å². The summed E-state index contributed by atoms with van der Waals surface area (Å²) >= 11 is 17.7. The molecule has 0 fully saturated rings. The summed E-state index contributed by atoms with van der Waals surface area (Å²) in [5.74, 6) is 0. The van der Waals surface area contributed by atoms with Gasteiger partial charge in [0.05, 0.1) is 33.1 Å². The van der Waals surface area contributed by atoms with Crippen LogP contribution in [0, 0.1) is 0 Å². The molecule has 0 unspecified atom stereocenters. The lowest BCUT2D eigenvalue weighted by atomic mass is 10.3. The molecule has 112 valence electrons. The lowest BCUT2D eigenvalue weighted by Gasteiger charge is -2.12. The maximum atomic E-state index is 12.3. The van der Waals surface area contributed by atoms with Gasteiger partial charge in [0.15, 0.2) is 0 Å². The van der Waals surface area contributed by atoms with Crippen LogP contribution >= 0.6 is 34.8 Å². The van der Waals surface area contributed by atoms with Gasteiger partial charge in [0, 0.05) is 20.2 Å². The van der Waals surface area contributed by atoms with Gasteiger partial charge in [-0.2, -0.15) is 0 Å². The van der Waals surface area contributed by atoms with Crippen molar-refractivity contribution in [2.75, 3.05) is 7.11 Å². The van der Waals surface area contributed by atoms with E-state index in [1.54, 1.807) is 7.05 Å². The summed E-state index contributed by atoms with van der Waals surface area (Å²) < 4.78 is 7.24. The number of benzene rings is 1. The molecule has 1 aromatic heterocycles. The minimum Gasteiger partial charge on any atom is -0.378 e. The van der Waals surface area contributed by atoms with Crippen molar-refractivity contribution in [3.8, 4) is 5.69 Å². The van der Waals surface area contributed by atoms with E-state index in [1.807, 2.05) is 0 Å². The van der Waals surface area contributed by atoms with Crippen molar-refractivity contribution in [2.24, 2.45) is 7.05 Å². The molecule has 0 saturated heterocycles. The minimum absolute atomic E-state index is 0.157. The second-order valence-corrected chi connectivity index (χ2v) is 5.50. The molecule has 0 aliphatic heterocycles. The number of methoxy groups -OCH3 is 1. The van der Waals surface area contributed by atoms with Gasteiger partial charge in [-0.15, -0.1) is 0 Å². The topological polar surface area (TPSA) is 53.2 Å². The number of aromatic nitrogens is 2. The van der Waals surface area contributed by atoms with Crippen LogP contribution < -0.4 is 11.2 Å². The zero-order chi connectivity index (χ0) is 15.7. The standard InChI is InChI=1S/C13H11Cl3N2O3/c1-17-8(6-21-2)5-11(19)18(13(17)20)7-3-9(14)12(16)10(15)4-7/h3-5H,6H2,1-2H3. The van der Waals surface area contributed by atoms with Crippen molar-refractivity contribution in [2.45, 2.75) is 6.61 Å². The Morgan fingerprint density at radius 1 is 1.10 bits per heavy atom. The molecule has 0 amide bonds. The zero-order valence-electron chi connectivity index (χ0n) is 11.2. The van der Waals surface area contributed by atoms with E-state index in [1.165, 1.54) is 29.9 Å². The molecule has 0 atom stereocenters. The third-order valence-electron chi connectivity index (χ3n) is 2.94. The van der Waals surface area contributed by atoms with Crippen LogP contribution in [-0.2, 0) is 18.4 Å². The highest BCUT2D eigenvalue weighted by Gasteiger charge is 2.13. The molecule has 0 aliphatic rings. The number of hydrogen-bond donors (Lipinski definition) is 0. The smallest absolute Gasteiger partial charge is 0.335 e. The van der Waals surface area contributed by atoms with E-state index >= 15 is 0 Å². The molecule has 0 bridgehead atoms. The molecule has 21 heavy (non-hydrogen) atoms. The van der Waals surface area contributed by atoms with Crippen LogP contribution in [-0.4, -0.2) is 16.2 Å². The number of hydrogen-bond acceptors (Lipinski definition) is 3. The highest BCUT2D eigenvalue weighted by atomic mass is 35.5. The lowest BCUT2D eigenvalue weighted by Crippen LogP contribution is -2.39. The van der Waals surface area contributed by atoms with Crippen LogP contribution in [0.25, 0.3) is 5.69 Å². The number of ether oxygens (including phenoxy) is 1. The normalized spacial score (nSPS) is 10.9. The fourth-order valence-corrected chi connectivity index (χ4v) is 2.45. The van der Waals surface area contributed by atoms with Gasteiger partial charge in [-0.1, -0.05) is 34.8 Å². The Bertz CT molecular complexity index is 788. The Morgan fingerprint density at radius 3 is 2.19 bits per heavy atom. The molecular formula is C13H11Cl3N2O3. The van der Waals surface area contributed by atoms with E-state index in [0.717, 1.165) is 4.57 Å². The molecule has 0 spiro atoms. The molecule has 0 radical (unpaired) electrons. The van der Waals surface area contributed by atoms with Crippen molar-refractivity contribution in [1.82, 2.24) is 9.13 Å². The first kappa shape index (κ1) is 16.1. The van der Waals surface area contributed by atoms with E-state index in [-0.39, 0.29) is 27.4 Å². The average Bonchev–Trinajstić information content (AvgIpc) is 2.42. The summed E-state index contributed by atoms with van der Waals surface area (Å²) in [5.41, 5.74) is -0.303. The Balaban J connectivity index is 2.74. The third kappa shape index (κ3) is 3.01. The second-order valence-electron chi connectivity index (χ2n) is 4.31. The first-order valence-corrected chi connectivity index (χ1v) is 6.96. The van der Waals surface area contributed by atoms with Crippen molar-refractivity contribution in [1.29, 1.82) is 0 Å². The molecule has 2 rings (SSSR count). The molecule has 8 heteroatoms. The quantitative estimate of drug-likeness (QED) is 0.801. The molecule has 0 N–H and O–H groups in total. The minimum atomic E-state index is -0.524. The molecule has 1 heterocycles. The molecular weight excluding hydrogens is 339 g/mol. The summed E-state index contributed by atoms with van der Waals surface area (Å²) in [6, 6.07) is 4.14. The van der Waals surface area contributed by atoms with Gasteiger partial charge < -0.3 is 4.74 Å². The van der Waals surface area contributed by atoms with Crippen LogP contribution in [0.2, 0.25) is 15.1 Å². The fourth-order valence-electron chi connectivity index (χ4n) is 1.87. The lowest BCUT2D eigenvalue weighted by molar-refractivity contribution is 0.177. The van der Waals surface area contributed by atoms with Crippen LogP contribution in [0.5, 0.6) is 0 Å². The van der Waals surface area contributed by atoms with Gasteiger partial charge in [-0.3, -0.25) is 9.36 Å². The Labute approximate surface area is 135 Å². The van der Waals surface area contributed by atoms with Crippen molar-refractivity contribution >= 4 is 34.8 Å². The van der Waals surface area contributed by atoms with Crippen LogP contribution in [0.15, 0.2) is 27.8 Å². The fraction of sp³-hybridized carbons (Fsp3) is 0.231. The van der Waals surface area contributed by atoms with E-state index < -0.39 is 11.2 Å². The summed E-state index contributed by atoms with van der Waals surface area (Å²) in [6.45, 7) is 0.157. The maximum Gasteiger partial charge on any atom is 0.335 e. The van der Waals surface area contributed by atoms with Crippen molar-refractivity contribution in [3.63, 3.8) is 0 Å². The van der Waals surface area contributed by atoms with E-state index in [0.29, 0.717) is 5.69 Å². The number of nitrogens with zero attached hydrogens (tertiary/aromatic N) is 2. The summed E-state index contributed by atoms with van der Waals surface area (Å²) in [7, 11) is 3.03. The molecule has 1 aromatic carbocycles. The van der Waals surface area contributed by atoms with Gasteiger partial charge in [-0.05, 0) is 12.1 Å². The highest BCUT2D eigenvalue weighted by molar-refractivity contribution is 6.48. The summed E-state index contributed by atoms with van der Waals surface area (Å²) in [4.78, 5) is 24.5. The largest absolute Gasteiger partial charge is 0.378 e. The Hall–Kier alpha value is -1.27. The summed E-state index contributed by atoms with van der Waals surface area (Å²) in [5, 5.41) is 0.492. The van der Waals surface area contributed by atoms with Crippen molar-refractivity contribution in [3.05, 3.63) is 59.8 Å². The third-order valence-corrected chi connectivity index (χ3v) is 4.14. The second kappa shape index (κ2) is 6.23. The SMILES string of the molecule is COCc1cc(=O)n(-c2cc(Cl)c(Cl)c(Cl)c2)c(=O)n1C. The first-order valence-electron chi connectivity index (χ1n) is 5.82. The van der Waals surface area contributed by atoms with E-state index in [2.05, 4.69) is 0 Å². The van der Waals surface area contributed by atoms with E-state index in [4.69, 9.17) is 39.5 Å². The molecule has 0 saturated carbocycles. The maximum absolute atomic E-state index is 12.3. The van der Waals surface area contributed by atoms with Crippen LogP contribution in [0.4, 0.5) is 0 Å².